The third kappa shape index (κ3) is 26.9. The van der Waals surface area contributed by atoms with Crippen LogP contribution in [0.2, 0.25) is 0 Å². The van der Waals surface area contributed by atoms with Crippen LogP contribution in [0.1, 0.15) is 80.4 Å². The number of unbranched alkanes of at least 4 members (excludes halogenated alkanes) is 3. The number of aliphatic hydroxyl groups is 12. The second-order valence-corrected chi connectivity index (χ2v) is 40.6. The summed E-state index contributed by atoms with van der Waals surface area (Å²) in [6, 6.07) is 7.77. The molecular weight excluding hydrogens is 1940 g/mol. The SMILES string of the molecule is NCC1O[C@H](O[C@@H]2C(N)C[C@@H](N)C(O)[C@H]2OC2O[C@H](CSCCNC(=S)NCCCN(CCCCCNC(=S)Nc3ccc(C4CC5(OC4=O)c4ccc(O)cc4Oc4cc(O)ccc45)cc3)CCCCNC(=S)NCCSC[C@H]3OC(O[C@@H]4C(O)[C@H](N)CC(N)[C@H]4O[C@@H]4OC(CN)[C@@H](O)[C@H](O)C4N)[C@@H](O)[C@H]3O[C@H]3O[C@@H](CN)[C@@H](O)C(O)C3N)[C@H](O[C@H]3O[C@@H](CN)[C@@H](O)C(O)C3N)[C@@H]2O)C(N)[C@@H](O)[C@@H]1O. The molecule has 0 aromatic heterocycles. The monoisotopic (exact) mass is 2080 g/mol. The van der Waals surface area contributed by atoms with E-state index in [-0.39, 0.29) is 68.4 Å². The van der Waals surface area contributed by atoms with Crippen LogP contribution >= 0.6 is 60.2 Å². The summed E-state index contributed by atoms with van der Waals surface area (Å²) in [6.07, 6.45) is -35.6. The highest BCUT2D eigenvalue weighted by Gasteiger charge is 2.60. The van der Waals surface area contributed by atoms with Crippen molar-refractivity contribution >= 4 is 87.2 Å². The van der Waals surface area contributed by atoms with Gasteiger partial charge in [-0.15, -0.1) is 0 Å². The molecule has 1 spiro atoms. The maximum atomic E-state index is 13.8. The van der Waals surface area contributed by atoms with Crippen molar-refractivity contribution < 1.29 is 143 Å². The van der Waals surface area contributed by atoms with Gasteiger partial charge in [0.15, 0.2) is 58.7 Å². The molecule has 44 N–H and O–H groups in total. The predicted molar refractivity (Wildman–Crippen MR) is 520 cm³/mol. The van der Waals surface area contributed by atoms with Gasteiger partial charge in [-0.1, -0.05) is 18.6 Å². The van der Waals surface area contributed by atoms with Crippen molar-refractivity contribution in [3.63, 3.8) is 0 Å². The van der Waals surface area contributed by atoms with Crippen molar-refractivity contribution in [1.82, 2.24) is 31.5 Å². The lowest BCUT2D eigenvalue weighted by Crippen LogP contribution is -2.68. The van der Waals surface area contributed by atoms with Gasteiger partial charge in [0.1, 0.15) is 145 Å². The Morgan fingerprint density at radius 2 is 0.743 bits per heavy atom. The number of nitrogens with one attached hydrogen (secondary N) is 6. The zero-order chi connectivity index (χ0) is 101. The molecule has 3 aromatic rings. The second-order valence-electron chi connectivity index (χ2n) is 37.1. The first kappa shape index (κ1) is 112. The minimum absolute atomic E-state index is 0.0319. The van der Waals surface area contributed by atoms with Crippen molar-refractivity contribution in [2.24, 2.45) is 68.8 Å². The number of fused-ring (bicyclic) bond motifs is 4. The number of esters is 1. The van der Waals surface area contributed by atoms with Gasteiger partial charge in [-0.2, -0.15) is 23.5 Å². The Hall–Kier alpha value is -5.18. The minimum Gasteiger partial charge on any atom is -0.508 e. The fourth-order valence-electron chi connectivity index (χ4n) is 19.1. The highest BCUT2D eigenvalue weighted by atomic mass is 32.2. The van der Waals surface area contributed by atoms with Crippen LogP contribution in [0, 0.1) is 0 Å². The topological polar surface area (TPSA) is 817 Å². The third-order valence-electron chi connectivity index (χ3n) is 27.2. The number of hydrogen-bond acceptors (Lipinski definition) is 47. The number of hydrogen-bond donors (Lipinski definition) is 32. The van der Waals surface area contributed by atoms with Crippen LogP contribution in [0.5, 0.6) is 23.0 Å². The summed E-state index contributed by atoms with van der Waals surface area (Å²) >= 11 is 20.0. The fourth-order valence-corrected chi connectivity index (χ4v) is 21.6. The molecule has 15 unspecified atom stereocenters. The Morgan fingerprint density at radius 1 is 0.393 bits per heavy atom. The molecule has 0 bridgehead atoms. The van der Waals surface area contributed by atoms with Crippen LogP contribution < -0.4 is 105 Å². The number of ether oxygens (including phenoxy) is 14. The van der Waals surface area contributed by atoms with E-state index in [0.29, 0.717) is 87.9 Å². The first-order valence-corrected chi connectivity index (χ1v) is 51.0. The molecule has 39 atom stereocenters. The van der Waals surface area contributed by atoms with Crippen LogP contribution in [0.25, 0.3) is 0 Å². The van der Waals surface area contributed by atoms with E-state index in [1.54, 1.807) is 12.1 Å². The number of phenols is 2. The lowest BCUT2D eigenvalue weighted by Gasteiger charge is -2.47. The number of anilines is 1. The lowest BCUT2D eigenvalue weighted by molar-refractivity contribution is -0.306. The highest BCUT2D eigenvalue weighted by molar-refractivity contribution is 7.99. The number of benzene rings is 3. The molecule has 7 saturated heterocycles. The van der Waals surface area contributed by atoms with Gasteiger partial charge in [0.05, 0.1) is 54.5 Å². The number of aliphatic hydroxyl groups excluding tert-OH is 12. The maximum absolute atomic E-state index is 13.8. The standard InChI is InChI=1S/C87H143N19O29S5/c88-30-49-61(111)65(115)55(96)78(123-49)129-71-45(94)27-43(92)59(109)75(71)133-82-69(119)73(131-80-57(98)67(117)63(113)51(32-90)125-80)53(127-82)34-139-23-18-103-84(136)100-16-3-5-21-106(20-4-1-2-15-102-86(138)105-37-9-7-36(8-10-37)40-29-87(135-77(40)121)41-13-11-38(107)25-47(41)122-48-26-39(108)12-14-42(48)87)22-6-17-101-85(137)104-19-24-140-35-54-74(132-81-58(99)68(118)64(114)52(33-91)126-81)70(120)83(128-54)134-76-60(110)44(93)28-46(95)72(76)130-79-56(97)66(116)62(112)50(31-89)124-79/h7-14,25-26,40,43-46,49-76,78-83,107-120H,1-6,15-24,27-35,88-99H2,(H2,100,103,136)(H2,101,104,137)(H2,102,105,138)/t40?,43-,44-,45?,46?,49?,50?,51+,52+,53-,54-,55?,56?,57?,58?,59?,60?,61-,62-,63-,64-,65-,66-,67?,68?,69+,70+,71-,72-,73+,74+,75-,76-,78+,79-,80-,81-,82?,83?/m1/s1. The summed E-state index contributed by atoms with van der Waals surface area (Å²) < 4.78 is 86.5. The second kappa shape index (κ2) is 51.6. The summed E-state index contributed by atoms with van der Waals surface area (Å²) in [7, 11) is 0. The molecule has 8 heterocycles. The van der Waals surface area contributed by atoms with Gasteiger partial charge >= 0.3 is 5.97 Å². The third-order valence-corrected chi connectivity index (χ3v) is 30.2. The van der Waals surface area contributed by atoms with E-state index >= 15 is 0 Å². The number of carbonyl (C=O) groups excluding carboxylic acids is 1. The summed E-state index contributed by atoms with van der Waals surface area (Å²) in [4.78, 5) is 16.2. The quantitative estimate of drug-likeness (QED) is 0.0142. The van der Waals surface area contributed by atoms with E-state index in [2.05, 4.69) is 36.8 Å². The summed E-state index contributed by atoms with van der Waals surface area (Å²) in [5, 5.41) is 175. The normalized spacial score (nSPS) is 38.5. The van der Waals surface area contributed by atoms with E-state index in [1.165, 1.54) is 47.8 Å². The molecule has 53 heteroatoms. The van der Waals surface area contributed by atoms with E-state index in [1.807, 2.05) is 24.3 Å². The number of aromatic hydroxyl groups is 2. The number of nitrogens with two attached hydrogens (primary N) is 12. The fraction of sp³-hybridized carbons (Fsp3) is 0.747. The maximum Gasteiger partial charge on any atom is 0.314 e. The van der Waals surface area contributed by atoms with Gasteiger partial charge in [0, 0.05) is 141 Å². The van der Waals surface area contributed by atoms with Crippen LogP contribution in [-0.2, 0) is 72.0 Å². The number of thioether (sulfide) groups is 2. The van der Waals surface area contributed by atoms with Gasteiger partial charge in [-0.05, 0) is 143 Å². The zero-order valence-corrected chi connectivity index (χ0v) is 81.4. The predicted octanol–water partition coefficient (Wildman–Crippen LogP) is -10.2. The number of phenolic OH excluding ortho intramolecular Hbond substituents is 2. The van der Waals surface area contributed by atoms with Gasteiger partial charge in [-0.3, -0.25) is 4.79 Å². The molecule has 0 amide bonds. The average Bonchev–Trinajstić information content (AvgIpc) is 1.52. The molecule has 9 fully saturated rings. The highest BCUT2D eigenvalue weighted by Crippen LogP contribution is 2.58. The summed E-state index contributed by atoms with van der Waals surface area (Å²) in [5.41, 5.74) is 76.0. The molecule has 48 nitrogen and oxygen atoms in total. The van der Waals surface area contributed by atoms with E-state index in [4.69, 9.17) is 172 Å². The van der Waals surface area contributed by atoms with Crippen molar-refractivity contribution in [3.05, 3.63) is 77.4 Å². The number of thiocarbonyl (C=S) groups is 3. The van der Waals surface area contributed by atoms with Crippen LogP contribution in [0.15, 0.2) is 60.7 Å². The first-order valence-electron chi connectivity index (χ1n) is 47.5. The van der Waals surface area contributed by atoms with E-state index < -0.39 is 250 Å². The number of carbonyl (C=O) groups is 1. The largest absolute Gasteiger partial charge is 0.508 e. The molecule has 2 saturated carbocycles. The molecule has 3 aromatic carbocycles. The molecule has 140 heavy (non-hydrogen) atoms. The van der Waals surface area contributed by atoms with Gasteiger partial charge in [0.25, 0.3) is 0 Å². The Labute approximate surface area is 834 Å². The molecule has 790 valence electrons. The molecule has 0 radical (unpaired) electrons. The van der Waals surface area contributed by atoms with Crippen molar-refractivity contribution in [3.8, 4) is 23.0 Å². The van der Waals surface area contributed by atoms with E-state index in [9.17, 15) is 76.3 Å². The Morgan fingerprint density at radius 3 is 1.15 bits per heavy atom. The van der Waals surface area contributed by atoms with Crippen molar-refractivity contribution in [1.29, 1.82) is 0 Å². The Bertz CT molecular complexity index is 4390. The van der Waals surface area contributed by atoms with Crippen LogP contribution in [-0.4, -0.2) is 432 Å². The van der Waals surface area contributed by atoms with Crippen LogP contribution in [0.3, 0.4) is 0 Å². The van der Waals surface area contributed by atoms with Crippen molar-refractivity contribution in [2.45, 2.75) is 302 Å². The molecular formula is C87H143N19O29S5. The van der Waals surface area contributed by atoms with Gasteiger partial charge < -0.3 is 243 Å². The smallest absolute Gasteiger partial charge is 0.314 e. The molecule has 13 rings (SSSR count). The minimum atomic E-state index is -1.63. The van der Waals surface area contributed by atoms with Crippen molar-refractivity contribution in [2.75, 3.05) is 107 Å². The average molecular weight is 2080 g/mol. The summed E-state index contributed by atoms with van der Waals surface area (Å²) in [5.74, 6) is 0.719. The Balaban J connectivity index is 0.584. The zero-order valence-electron chi connectivity index (χ0n) is 77.3. The molecule has 2 aliphatic carbocycles. The molecule has 8 aliphatic heterocycles. The lowest BCUT2D eigenvalue weighted by atomic mass is 9.77. The van der Waals surface area contributed by atoms with Crippen LogP contribution in [0.4, 0.5) is 5.69 Å². The number of nitrogens with zero attached hydrogens (tertiary/aromatic N) is 1. The first-order chi connectivity index (χ1) is 67.0. The summed E-state index contributed by atoms with van der Waals surface area (Å²) in [6.45, 7) is 3.88. The van der Waals surface area contributed by atoms with Gasteiger partial charge in [0.2, 0.25) is 0 Å². The Kier molecular flexibility index (Phi) is 41.3. The van der Waals surface area contributed by atoms with E-state index in [0.717, 1.165) is 63.7 Å². The number of rotatable bonds is 43. The van der Waals surface area contributed by atoms with Gasteiger partial charge in [-0.25, -0.2) is 0 Å². The molecule has 10 aliphatic rings.